The van der Waals surface area contributed by atoms with Gasteiger partial charge in [0.15, 0.2) is 0 Å². The molecule has 5 heteroatoms. The second-order valence-corrected chi connectivity index (χ2v) is 6.88. The van der Waals surface area contributed by atoms with E-state index < -0.39 is 0 Å². The summed E-state index contributed by atoms with van der Waals surface area (Å²) in [7, 11) is 0. The molecule has 0 amide bonds. The third kappa shape index (κ3) is 4.79. The zero-order chi connectivity index (χ0) is 17.0. The standard InChI is InChI=1S/C18H27N3O2/c1-12(2)22-17-8-13(3)6-7-15(17)16(21-19)11-20-10-14-9-18(4,5)23-14/h6-8,11-12,14H,9-10,19H2,1-5H3/b20-11?,21-16+. The lowest BCUT2D eigenvalue weighted by molar-refractivity contribution is -0.178. The van der Waals surface area contributed by atoms with Crippen LogP contribution in [0.2, 0.25) is 0 Å². The number of hydrogen-bond donors (Lipinski definition) is 1. The molecule has 1 aliphatic rings. The van der Waals surface area contributed by atoms with Crippen molar-refractivity contribution in [3.63, 3.8) is 0 Å². The van der Waals surface area contributed by atoms with Crippen LogP contribution in [0.1, 0.15) is 45.2 Å². The van der Waals surface area contributed by atoms with Crippen LogP contribution in [0.4, 0.5) is 0 Å². The van der Waals surface area contributed by atoms with Gasteiger partial charge in [-0.2, -0.15) is 5.10 Å². The SMILES string of the molecule is Cc1ccc(/C(C=NCC2CC(C)(C)O2)=N/N)c(OC(C)C)c1. The van der Waals surface area contributed by atoms with Crippen LogP contribution < -0.4 is 10.6 Å². The Labute approximate surface area is 138 Å². The highest BCUT2D eigenvalue weighted by molar-refractivity contribution is 6.38. The summed E-state index contributed by atoms with van der Waals surface area (Å²) in [6, 6.07) is 5.97. The second kappa shape index (κ2) is 7.13. The Bertz CT molecular complexity index is 598. The van der Waals surface area contributed by atoms with Gasteiger partial charge < -0.3 is 15.3 Å². The third-order valence-corrected chi connectivity index (χ3v) is 3.64. The third-order valence-electron chi connectivity index (χ3n) is 3.64. The van der Waals surface area contributed by atoms with Gasteiger partial charge in [0.2, 0.25) is 0 Å². The summed E-state index contributed by atoms with van der Waals surface area (Å²) >= 11 is 0. The fourth-order valence-corrected chi connectivity index (χ4v) is 2.71. The average Bonchev–Trinajstić information content (AvgIpc) is 2.42. The van der Waals surface area contributed by atoms with E-state index in [-0.39, 0.29) is 17.8 Å². The summed E-state index contributed by atoms with van der Waals surface area (Å²) in [6.45, 7) is 10.8. The Hall–Kier alpha value is -1.88. The Morgan fingerprint density at radius 3 is 2.74 bits per heavy atom. The molecule has 0 radical (unpaired) electrons. The number of ether oxygens (including phenoxy) is 2. The predicted octanol–water partition coefficient (Wildman–Crippen LogP) is 3.08. The van der Waals surface area contributed by atoms with Gasteiger partial charge in [0.05, 0.1) is 24.4 Å². The molecule has 1 aromatic carbocycles. The molecule has 0 saturated carbocycles. The number of nitrogens with zero attached hydrogens (tertiary/aromatic N) is 2. The number of nitrogens with two attached hydrogens (primary N) is 1. The van der Waals surface area contributed by atoms with E-state index >= 15 is 0 Å². The Morgan fingerprint density at radius 1 is 1.48 bits per heavy atom. The summed E-state index contributed by atoms with van der Waals surface area (Å²) in [5, 5.41) is 3.87. The summed E-state index contributed by atoms with van der Waals surface area (Å²) in [6.07, 6.45) is 2.99. The first-order valence-corrected chi connectivity index (χ1v) is 8.04. The highest BCUT2D eigenvalue weighted by Gasteiger charge is 2.36. The maximum atomic E-state index is 5.87. The van der Waals surface area contributed by atoms with Crippen molar-refractivity contribution in [1.82, 2.24) is 0 Å². The van der Waals surface area contributed by atoms with Crippen molar-refractivity contribution in [1.29, 1.82) is 0 Å². The van der Waals surface area contributed by atoms with Gasteiger partial charge in [-0.3, -0.25) is 4.99 Å². The first-order chi connectivity index (χ1) is 10.8. The maximum absolute atomic E-state index is 5.87. The van der Waals surface area contributed by atoms with E-state index in [1.54, 1.807) is 6.21 Å². The quantitative estimate of drug-likeness (QED) is 0.498. The second-order valence-electron chi connectivity index (χ2n) is 6.88. The Morgan fingerprint density at radius 2 is 2.17 bits per heavy atom. The molecule has 1 fully saturated rings. The largest absolute Gasteiger partial charge is 0.490 e. The molecule has 1 saturated heterocycles. The summed E-state index contributed by atoms with van der Waals surface area (Å²) in [5.74, 6) is 6.33. The number of rotatable bonds is 6. The molecule has 1 atom stereocenters. The molecule has 0 bridgehead atoms. The van der Waals surface area contributed by atoms with Crippen LogP contribution >= 0.6 is 0 Å². The van der Waals surface area contributed by atoms with E-state index in [0.29, 0.717) is 12.3 Å². The number of aryl methyl sites for hydroxylation is 1. The fraction of sp³-hybridized carbons (Fsp3) is 0.556. The fourth-order valence-electron chi connectivity index (χ4n) is 2.71. The molecule has 1 aromatic rings. The molecule has 2 N–H and O–H groups in total. The van der Waals surface area contributed by atoms with Gasteiger partial charge >= 0.3 is 0 Å². The van der Waals surface area contributed by atoms with Crippen molar-refractivity contribution in [2.24, 2.45) is 15.9 Å². The summed E-state index contributed by atoms with van der Waals surface area (Å²) in [4.78, 5) is 4.43. The van der Waals surface area contributed by atoms with Crippen LogP contribution in [-0.4, -0.2) is 36.3 Å². The zero-order valence-electron chi connectivity index (χ0n) is 14.7. The van der Waals surface area contributed by atoms with Crippen LogP contribution in [0.3, 0.4) is 0 Å². The molecule has 23 heavy (non-hydrogen) atoms. The Kier molecular flexibility index (Phi) is 5.42. The van der Waals surface area contributed by atoms with Gasteiger partial charge in [0, 0.05) is 18.2 Å². The van der Waals surface area contributed by atoms with Crippen LogP contribution in [0, 0.1) is 6.92 Å². The van der Waals surface area contributed by atoms with Crippen molar-refractivity contribution >= 4 is 11.9 Å². The van der Waals surface area contributed by atoms with Crippen LogP contribution in [0.25, 0.3) is 0 Å². The highest BCUT2D eigenvalue weighted by atomic mass is 16.5. The summed E-state index contributed by atoms with van der Waals surface area (Å²) < 4.78 is 11.6. The van der Waals surface area contributed by atoms with E-state index in [4.69, 9.17) is 15.3 Å². The number of hydrazone groups is 1. The van der Waals surface area contributed by atoms with E-state index in [1.165, 1.54) is 0 Å². The molecular formula is C18H27N3O2. The lowest BCUT2D eigenvalue weighted by atomic mass is 9.93. The molecule has 0 aliphatic carbocycles. The van der Waals surface area contributed by atoms with Crippen molar-refractivity contribution < 1.29 is 9.47 Å². The van der Waals surface area contributed by atoms with Gasteiger partial charge in [-0.25, -0.2) is 0 Å². The number of benzene rings is 1. The van der Waals surface area contributed by atoms with Gasteiger partial charge in [-0.1, -0.05) is 6.07 Å². The van der Waals surface area contributed by atoms with E-state index in [9.17, 15) is 0 Å². The van der Waals surface area contributed by atoms with Crippen LogP contribution in [0.5, 0.6) is 5.75 Å². The molecular weight excluding hydrogens is 290 g/mol. The number of aliphatic imine (C=N–C) groups is 1. The first kappa shape index (κ1) is 17.5. The number of hydrogen-bond acceptors (Lipinski definition) is 5. The minimum absolute atomic E-state index is 0.0137. The predicted molar refractivity (Wildman–Crippen MR) is 94.6 cm³/mol. The smallest absolute Gasteiger partial charge is 0.129 e. The molecule has 5 nitrogen and oxygen atoms in total. The molecule has 1 unspecified atom stereocenters. The topological polar surface area (TPSA) is 69.2 Å². The molecule has 1 heterocycles. The van der Waals surface area contributed by atoms with Gasteiger partial charge in [-0.15, -0.1) is 0 Å². The van der Waals surface area contributed by atoms with Crippen LogP contribution in [0.15, 0.2) is 28.3 Å². The zero-order valence-corrected chi connectivity index (χ0v) is 14.7. The molecule has 126 valence electrons. The normalized spacial score (nSPS) is 20.8. The molecule has 2 rings (SSSR count). The van der Waals surface area contributed by atoms with Gasteiger partial charge in [-0.05, 0) is 52.3 Å². The maximum Gasteiger partial charge on any atom is 0.129 e. The first-order valence-electron chi connectivity index (χ1n) is 8.04. The monoisotopic (exact) mass is 317 g/mol. The van der Waals surface area contributed by atoms with Crippen molar-refractivity contribution in [3.8, 4) is 5.75 Å². The van der Waals surface area contributed by atoms with E-state index in [0.717, 1.165) is 23.3 Å². The van der Waals surface area contributed by atoms with Crippen molar-refractivity contribution in [3.05, 3.63) is 29.3 Å². The summed E-state index contributed by atoms with van der Waals surface area (Å²) in [5.41, 5.74) is 2.58. The van der Waals surface area contributed by atoms with Gasteiger partial charge in [0.25, 0.3) is 0 Å². The average molecular weight is 317 g/mol. The van der Waals surface area contributed by atoms with E-state index in [2.05, 4.69) is 23.9 Å². The van der Waals surface area contributed by atoms with Crippen molar-refractivity contribution in [2.75, 3.05) is 6.54 Å². The highest BCUT2D eigenvalue weighted by Crippen LogP contribution is 2.31. The van der Waals surface area contributed by atoms with Crippen molar-refractivity contribution in [2.45, 2.75) is 58.8 Å². The van der Waals surface area contributed by atoms with Gasteiger partial charge in [0.1, 0.15) is 11.5 Å². The Balaban J connectivity index is 2.09. The van der Waals surface area contributed by atoms with Crippen LogP contribution in [-0.2, 0) is 4.74 Å². The lowest BCUT2D eigenvalue weighted by Gasteiger charge is -2.42. The van der Waals surface area contributed by atoms with E-state index in [1.807, 2.05) is 39.0 Å². The molecule has 0 aromatic heterocycles. The molecule has 1 aliphatic heterocycles. The minimum Gasteiger partial charge on any atom is -0.490 e. The minimum atomic E-state index is -0.0137. The molecule has 0 spiro atoms. The lowest BCUT2D eigenvalue weighted by Crippen LogP contribution is -2.47.